The Kier molecular flexibility index (Phi) is 41.5. The number of unbranched alkanes of at least 4 members (excludes halogenated alkanes) is 16. The van der Waals surface area contributed by atoms with Gasteiger partial charge in [0.1, 0.15) is 6.10 Å². The average Bonchev–Trinajstić information content (AvgIpc) is 3.21. The Bertz CT molecular complexity index is 885. The van der Waals surface area contributed by atoms with E-state index in [1.165, 1.54) is 103 Å². The molecule has 7 nitrogen and oxygen atoms in total. The predicted octanol–water partition coefficient (Wildman–Crippen LogP) is 15.7. The fourth-order valence-electron chi connectivity index (χ4n) is 8.79. The molecule has 0 saturated heterocycles. The molecule has 0 bridgehead atoms. The highest BCUT2D eigenvalue weighted by molar-refractivity contribution is 5.70. The first kappa shape index (κ1) is 58.4. The van der Waals surface area contributed by atoms with Gasteiger partial charge in [0.05, 0.1) is 13.2 Å². The van der Waals surface area contributed by atoms with Gasteiger partial charge in [0.2, 0.25) is 0 Å². The van der Waals surface area contributed by atoms with Crippen molar-refractivity contribution in [2.24, 2.45) is 11.8 Å². The molecule has 0 aliphatic heterocycles. The monoisotopic (exact) mass is 850 g/mol. The third kappa shape index (κ3) is 37.0. The van der Waals surface area contributed by atoms with E-state index >= 15 is 0 Å². The van der Waals surface area contributed by atoms with Gasteiger partial charge in [-0.2, -0.15) is 0 Å². The number of nitrogens with zero attached hydrogens (tertiary/aromatic N) is 1. The fourth-order valence-corrected chi connectivity index (χ4v) is 8.79. The van der Waals surface area contributed by atoms with Gasteiger partial charge in [-0.1, -0.05) is 169 Å². The summed E-state index contributed by atoms with van der Waals surface area (Å²) in [5, 5.41) is 0. The van der Waals surface area contributed by atoms with Crippen LogP contribution in [-0.4, -0.2) is 60.8 Å². The van der Waals surface area contributed by atoms with E-state index in [1.807, 2.05) is 0 Å². The minimum absolute atomic E-state index is 0.0331. The van der Waals surface area contributed by atoms with Gasteiger partial charge in [-0.05, 0) is 104 Å². The van der Waals surface area contributed by atoms with Crippen molar-refractivity contribution in [1.82, 2.24) is 4.90 Å². The van der Waals surface area contributed by atoms with Crippen LogP contribution >= 0.6 is 0 Å². The molecule has 0 spiro atoms. The van der Waals surface area contributed by atoms with Gasteiger partial charge in [0, 0.05) is 31.3 Å². The van der Waals surface area contributed by atoms with Crippen LogP contribution in [0.5, 0.6) is 0 Å². The van der Waals surface area contributed by atoms with Crippen LogP contribution in [0, 0.1) is 11.8 Å². The van der Waals surface area contributed by atoms with Gasteiger partial charge >= 0.3 is 17.9 Å². The van der Waals surface area contributed by atoms with Crippen molar-refractivity contribution >= 4 is 17.9 Å². The van der Waals surface area contributed by atoms with Gasteiger partial charge < -0.3 is 14.2 Å². The smallest absolute Gasteiger partial charge is 0.306 e. The summed E-state index contributed by atoms with van der Waals surface area (Å²) in [6.07, 6.45) is 36.8. The molecule has 0 aliphatic rings. The zero-order valence-electron chi connectivity index (χ0n) is 41.4. The second-order valence-corrected chi connectivity index (χ2v) is 19.0. The van der Waals surface area contributed by atoms with Crippen molar-refractivity contribution < 1.29 is 28.6 Å². The molecule has 0 unspecified atom stereocenters. The molecule has 356 valence electrons. The summed E-state index contributed by atoms with van der Waals surface area (Å²) in [5.41, 5.74) is 0. The van der Waals surface area contributed by atoms with E-state index in [2.05, 4.69) is 60.3 Å². The predicted molar refractivity (Wildman–Crippen MR) is 255 cm³/mol. The summed E-state index contributed by atoms with van der Waals surface area (Å²) in [4.78, 5) is 40.3. The summed E-state index contributed by atoms with van der Waals surface area (Å²) in [5.74, 6) is 1.24. The molecule has 0 aromatic carbocycles. The largest absolute Gasteiger partial charge is 0.466 e. The molecule has 0 aromatic heterocycles. The van der Waals surface area contributed by atoms with E-state index in [4.69, 9.17) is 14.2 Å². The second kappa shape index (κ2) is 42.7. The lowest BCUT2D eigenvalue weighted by molar-refractivity contribution is -0.150. The van der Waals surface area contributed by atoms with Crippen LogP contribution in [0.4, 0.5) is 0 Å². The van der Waals surface area contributed by atoms with E-state index in [1.54, 1.807) is 0 Å². The highest BCUT2D eigenvalue weighted by Crippen LogP contribution is 2.23. The third-order valence-electron chi connectivity index (χ3n) is 12.7. The van der Waals surface area contributed by atoms with Crippen LogP contribution in [0.25, 0.3) is 0 Å². The van der Waals surface area contributed by atoms with Crippen LogP contribution in [0.3, 0.4) is 0 Å². The first-order chi connectivity index (χ1) is 29.1. The lowest BCUT2D eigenvalue weighted by Crippen LogP contribution is -2.37. The Morgan fingerprint density at radius 3 is 1.08 bits per heavy atom. The molecule has 0 saturated carbocycles. The Morgan fingerprint density at radius 1 is 0.383 bits per heavy atom. The Hall–Kier alpha value is -1.63. The van der Waals surface area contributed by atoms with Gasteiger partial charge in [-0.3, -0.25) is 19.3 Å². The fraction of sp³-hybridized carbons (Fsp3) is 0.943. The Morgan fingerprint density at radius 2 is 0.717 bits per heavy atom. The lowest BCUT2D eigenvalue weighted by Gasteiger charge is -2.30. The maximum absolute atomic E-state index is 13.0. The summed E-state index contributed by atoms with van der Waals surface area (Å²) in [6, 6.07) is 0.919. The number of rotatable bonds is 45. The van der Waals surface area contributed by atoms with E-state index in [-0.39, 0.29) is 24.0 Å². The lowest BCUT2D eigenvalue weighted by atomic mass is 9.92. The highest BCUT2D eigenvalue weighted by atomic mass is 16.5. The highest BCUT2D eigenvalue weighted by Gasteiger charge is 2.18. The quantitative estimate of drug-likeness (QED) is 0.0343. The van der Waals surface area contributed by atoms with Crippen LogP contribution < -0.4 is 0 Å². The van der Waals surface area contributed by atoms with E-state index < -0.39 is 0 Å². The molecule has 0 radical (unpaired) electrons. The number of carbonyl (C=O) groups is 3. The zero-order chi connectivity index (χ0) is 44.5. The van der Waals surface area contributed by atoms with Crippen molar-refractivity contribution in [3.63, 3.8) is 0 Å². The zero-order valence-corrected chi connectivity index (χ0v) is 41.4. The van der Waals surface area contributed by atoms with Gasteiger partial charge in [-0.15, -0.1) is 0 Å². The van der Waals surface area contributed by atoms with Crippen molar-refractivity contribution in [3.8, 4) is 0 Å². The van der Waals surface area contributed by atoms with Crippen LogP contribution in [0.15, 0.2) is 0 Å². The molecule has 0 amide bonds. The van der Waals surface area contributed by atoms with Crippen molar-refractivity contribution in [2.75, 3.05) is 19.8 Å². The first-order valence-corrected chi connectivity index (χ1v) is 26.3. The number of esters is 3. The maximum Gasteiger partial charge on any atom is 0.306 e. The van der Waals surface area contributed by atoms with Crippen LogP contribution in [-0.2, 0) is 28.6 Å². The SMILES string of the molecule is CCCCCC(CCCCC)CCOC(=O)CCCCCCCC(CCCCCCCC(=O)OCCC(CCCCC)CCCCC)OC(=O)CCCN(C(C)C)C(C)C. The molecular formula is C53H103NO6. The third-order valence-corrected chi connectivity index (χ3v) is 12.7. The molecule has 0 heterocycles. The Balaban J connectivity index is 4.58. The van der Waals surface area contributed by atoms with Gasteiger partial charge in [0.15, 0.2) is 0 Å². The molecule has 0 fully saturated rings. The number of carbonyl (C=O) groups excluding carboxylic acids is 3. The molecule has 0 atom stereocenters. The number of ether oxygens (including phenoxy) is 3. The summed E-state index contributed by atoms with van der Waals surface area (Å²) in [7, 11) is 0. The van der Waals surface area contributed by atoms with Crippen molar-refractivity contribution in [2.45, 2.75) is 292 Å². The second-order valence-electron chi connectivity index (χ2n) is 19.0. The normalized spacial score (nSPS) is 11.9. The van der Waals surface area contributed by atoms with Crippen molar-refractivity contribution in [3.05, 3.63) is 0 Å². The summed E-state index contributed by atoms with van der Waals surface area (Å²) >= 11 is 0. The van der Waals surface area contributed by atoms with Gasteiger partial charge in [0.25, 0.3) is 0 Å². The van der Waals surface area contributed by atoms with Crippen molar-refractivity contribution in [1.29, 1.82) is 0 Å². The van der Waals surface area contributed by atoms with Crippen LogP contribution in [0.1, 0.15) is 274 Å². The van der Waals surface area contributed by atoms with Gasteiger partial charge in [-0.25, -0.2) is 0 Å². The molecule has 0 rings (SSSR count). The van der Waals surface area contributed by atoms with E-state index in [9.17, 15) is 14.4 Å². The minimum Gasteiger partial charge on any atom is -0.466 e. The number of hydrogen-bond donors (Lipinski definition) is 0. The summed E-state index contributed by atoms with van der Waals surface area (Å²) < 4.78 is 17.4. The summed E-state index contributed by atoms with van der Waals surface area (Å²) in [6.45, 7) is 20.0. The Labute approximate surface area is 373 Å². The van der Waals surface area contributed by atoms with E-state index in [0.29, 0.717) is 56.4 Å². The molecule has 0 N–H and O–H groups in total. The minimum atomic E-state index is -0.0639. The molecular weight excluding hydrogens is 747 g/mol. The first-order valence-electron chi connectivity index (χ1n) is 26.3. The number of hydrogen-bond acceptors (Lipinski definition) is 7. The molecule has 0 aromatic rings. The average molecular weight is 850 g/mol. The molecule has 7 heteroatoms. The van der Waals surface area contributed by atoms with Crippen LogP contribution in [0.2, 0.25) is 0 Å². The standard InChI is InChI=1S/C53H103NO6/c1-9-13-23-32-48(33-24-14-10-2)41-44-58-51(55)38-29-21-17-19-27-36-50(60-53(57)40-31-43-54(46(5)6)47(7)8)37-28-20-18-22-30-39-52(56)59-45-42-49(34-25-15-11-3)35-26-16-12-4/h46-50H,9-45H2,1-8H3. The molecule has 60 heavy (non-hydrogen) atoms. The topological polar surface area (TPSA) is 82.1 Å². The molecule has 0 aliphatic carbocycles. The maximum atomic E-state index is 13.0. The van der Waals surface area contributed by atoms with E-state index in [0.717, 1.165) is 103 Å².